The van der Waals surface area contributed by atoms with Crippen molar-refractivity contribution in [2.24, 2.45) is 11.3 Å². The molecular weight excluding hydrogens is 316 g/mol. The van der Waals surface area contributed by atoms with Crippen LogP contribution in [0.2, 0.25) is 0 Å². The van der Waals surface area contributed by atoms with Crippen LogP contribution in [-0.2, 0) is 4.74 Å². The second-order valence-electron chi connectivity index (χ2n) is 7.50. The van der Waals surface area contributed by atoms with Crippen LogP contribution in [0.25, 0.3) is 0 Å². The standard InChI is InChI=1S/C20H22N2O3/c23-19(13-5-9-24-12-13)22-15-4-1-3-14(11-15)21-17-16-6-10-25-18(16)20(17)7-2-8-20/h1,3-5,9,11-12,16-18,21H,2,6-8,10H2,(H,22,23)/t16-,17+,18+/m0/s1. The fraction of sp³-hybridized carbons (Fsp3) is 0.450. The van der Waals surface area contributed by atoms with Gasteiger partial charge in [0.05, 0.1) is 17.9 Å². The fourth-order valence-electron chi connectivity index (χ4n) is 4.92. The molecule has 3 atom stereocenters. The number of carbonyl (C=O) groups is 1. The highest BCUT2D eigenvalue weighted by Gasteiger charge is 2.66. The third kappa shape index (κ3) is 2.29. The Kier molecular flexibility index (Phi) is 3.38. The number of amides is 1. The van der Waals surface area contributed by atoms with Crippen LogP contribution in [0.3, 0.4) is 0 Å². The maximum absolute atomic E-state index is 12.2. The van der Waals surface area contributed by atoms with Crippen LogP contribution < -0.4 is 10.6 Å². The van der Waals surface area contributed by atoms with E-state index in [0.29, 0.717) is 29.0 Å². The van der Waals surface area contributed by atoms with Gasteiger partial charge in [-0.05, 0) is 43.5 Å². The van der Waals surface area contributed by atoms with Crippen LogP contribution in [0.4, 0.5) is 11.4 Å². The van der Waals surface area contributed by atoms with Crippen molar-refractivity contribution >= 4 is 17.3 Å². The number of nitrogens with one attached hydrogen (secondary N) is 2. The van der Waals surface area contributed by atoms with Crippen molar-refractivity contribution in [2.75, 3.05) is 17.2 Å². The number of benzene rings is 1. The Hall–Kier alpha value is -2.27. The second-order valence-corrected chi connectivity index (χ2v) is 7.50. The molecule has 0 unspecified atom stereocenters. The number of rotatable bonds is 4. The highest BCUT2D eigenvalue weighted by molar-refractivity contribution is 6.04. The van der Waals surface area contributed by atoms with Crippen molar-refractivity contribution < 1.29 is 13.9 Å². The number of anilines is 2. The molecule has 5 rings (SSSR count). The van der Waals surface area contributed by atoms with E-state index in [-0.39, 0.29) is 5.91 Å². The number of furan rings is 1. The van der Waals surface area contributed by atoms with E-state index in [1.807, 2.05) is 18.2 Å². The van der Waals surface area contributed by atoms with Gasteiger partial charge in [-0.25, -0.2) is 0 Å². The van der Waals surface area contributed by atoms with Crippen molar-refractivity contribution in [3.8, 4) is 0 Å². The molecule has 1 aliphatic heterocycles. The Morgan fingerprint density at radius 1 is 1.20 bits per heavy atom. The van der Waals surface area contributed by atoms with Crippen molar-refractivity contribution in [3.63, 3.8) is 0 Å². The summed E-state index contributed by atoms with van der Waals surface area (Å²) in [6.45, 7) is 0.899. The van der Waals surface area contributed by atoms with Gasteiger partial charge in [0.25, 0.3) is 5.91 Å². The van der Waals surface area contributed by atoms with Crippen LogP contribution in [0.5, 0.6) is 0 Å². The zero-order valence-corrected chi connectivity index (χ0v) is 14.0. The van der Waals surface area contributed by atoms with E-state index < -0.39 is 0 Å². The summed E-state index contributed by atoms with van der Waals surface area (Å²) in [5, 5.41) is 6.67. The van der Waals surface area contributed by atoms with Gasteiger partial charge in [0.2, 0.25) is 0 Å². The second kappa shape index (κ2) is 5.63. The van der Waals surface area contributed by atoms with Gasteiger partial charge in [0.15, 0.2) is 0 Å². The summed E-state index contributed by atoms with van der Waals surface area (Å²) in [5.74, 6) is 0.471. The quantitative estimate of drug-likeness (QED) is 0.887. The van der Waals surface area contributed by atoms with Gasteiger partial charge in [-0.2, -0.15) is 0 Å². The van der Waals surface area contributed by atoms with Crippen molar-refractivity contribution in [1.29, 1.82) is 0 Å². The predicted octanol–water partition coefficient (Wildman–Crippen LogP) is 3.90. The molecule has 2 heterocycles. The van der Waals surface area contributed by atoms with E-state index in [2.05, 4.69) is 16.7 Å². The van der Waals surface area contributed by atoms with Crippen molar-refractivity contribution in [1.82, 2.24) is 0 Å². The molecule has 3 aliphatic rings. The van der Waals surface area contributed by atoms with Crippen LogP contribution in [0, 0.1) is 11.3 Å². The van der Waals surface area contributed by atoms with Crippen LogP contribution in [0.1, 0.15) is 36.0 Å². The summed E-state index contributed by atoms with van der Waals surface area (Å²) in [7, 11) is 0. The molecule has 5 heteroatoms. The van der Waals surface area contributed by atoms with Gasteiger partial charge in [-0.15, -0.1) is 0 Å². The first-order chi connectivity index (χ1) is 12.3. The number of ether oxygens (including phenoxy) is 1. The summed E-state index contributed by atoms with van der Waals surface area (Å²) >= 11 is 0. The first-order valence-electron chi connectivity index (χ1n) is 9.08. The minimum absolute atomic E-state index is 0.158. The Morgan fingerprint density at radius 3 is 2.84 bits per heavy atom. The molecule has 1 saturated heterocycles. The molecule has 2 aromatic rings. The fourth-order valence-corrected chi connectivity index (χ4v) is 4.92. The number of hydrogen-bond acceptors (Lipinski definition) is 4. The third-order valence-electron chi connectivity index (χ3n) is 6.26. The van der Waals surface area contributed by atoms with E-state index in [4.69, 9.17) is 9.15 Å². The van der Waals surface area contributed by atoms with Gasteiger partial charge < -0.3 is 19.8 Å². The van der Waals surface area contributed by atoms with Gasteiger partial charge >= 0.3 is 0 Å². The molecule has 5 nitrogen and oxygen atoms in total. The lowest BCUT2D eigenvalue weighted by Crippen LogP contribution is -2.68. The van der Waals surface area contributed by atoms with Gasteiger partial charge in [-0.3, -0.25) is 4.79 Å². The minimum atomic E-state index is -0.158. The van der Waals surface area contributed by atoms with Crippen LogP contribution in [-0.4, -0.2) is 24.7 Å². The number of fused-ring (bicyclic) bond motifs is 2. The zero-order chi connectivity index (χ0) is 16.9. The highest BCUT2D eigenvalue weighted by Crippen LogP contribution is 2.63. The van der Waals surface area contributed by atoms with E-state index in [0.717, 1.165) is 24.4 Å². The molecule has 1 spiro atoms. The maximum atomic E-state index is 12.2. The topological polar surface area (TPSA) is 63.5 Å². The summed E-state index contributed by atoms with van der Waals surface area (Å²) in [5.41, 5.74) is 2.72. The molecule has 1 aromatic carbocycles. The van der Waals surface area contributed by atoms with E-state index in [1.54, 1.807) is 6.07 Å². The molecule has 130 valence electrons. The molecule has 3 fully saturated rings. The van der Waals surface area contributed by atoms with Gasteiger partial charge in [-0.1, -0.05) is 12.5 Å². The van der Waals surface area contributed by atoms with Gasteiger partial charge in [0.1, 0.15) is 6.26 Å². The largest absolute Gasteiger partial charge is 0.472 e. The Balaban J connectivity index is 1.31. The molecule has 25 heavy (non-hydrogen) atoms. The van der Waals surface area contributed by atoms with E-state index in [9.17, 15) is 4.79 Å². The molecule has 1 aromatic heterocycles. The molecule has 2 saturated carbocycles. The summed E-state index contributed by atoms with van der Waals surface area (Å²) < 4.78 is 11.0. The molecular formula is C20H22N2O3. The number of hydrogen-bond donors (Lipinski definition) is 2. The smallest absolute Gasteiger partial charge is 0.258 e. The Morgan fingerprint density at radius 2 is 2.08 bits per heavy atom. The van der Waals surface area contributed by atoms with Gasteiger partial charge in [0, 0.05) is 35.4 Å². The van der Waals surface area contributed by atoms with Crippen molar-refractivity contribution in [2.45, 2.75) is 37.8 Å². The molecule has 2 aliphatic carbocycles. The summed E-state index contributed by atoms with van der Waals surface area (Å²) in [6.07, 6.45) is 8.41. The first-order valence-corrected chi connectivity index (χ1v) is 9.08. The van der Waals surface area contributed by atoms with Crippen LogP contribution in [0.15, 0.2) is 47.3 Å². The lowest BCUT2D eigenvalue weighted by molar-refractivity contribution is -0.158. The van der Waals surface area contributed by atoms with E-state index in [1.165, 1.54) is 31.8 Å². The summed E-state index contributed by atoms with van der Waals surface area (Å²) in [4.78, 5) is 12.2. The number of carbonyl (C=O) groups excluding carboxylic acids is 1. The third-order valence-corrected chi connectivity index (χ3v) is 6.26. The lowest BCUT2D eigenvalue weighted by atomic mass is 9.46. The maximum Gasteiger partial charge on any atom is 0.258 e. The first kappa shape index (κ1) is 15.0. The molecule has 2 N–H and O–H groups in total. The highest BCUT2D eigenvalue weighted by atomic mass is 16.5. The average Bonchev–Trinajstić information content (AvgIpc) is 3.22. The summed E-state index contributed by atoms with van der Waals surface area (Å²) in [6, 6.07) is 10.1. The monoisotopic (exact) mass is 338 g/mol. The molecule has 0 radical (unpaired) electrons. The van der Waals surface area contributed by atoms with E-state index >= 15 is 0 Å². The molecule has 0 bridgehead atoms. The lowest BCUT2D eigenvalue weighted by Gasteiger charge is -2.63. The van der Waals surface area contributed by atoms with Crippen molar-refractivity contribution in [3.05, 3.63) is 48.4 Å². The zero-order valence-electron chi connectivity index (χ0n) is 14.0. The Bertz CT molecular complexity index is 782. The van der Waals surface area contributed by atoms with Crippen LogP contribution >= 0.6 is 0 Å². The normalized spacial score (nSPS) is 28.7. The molecule has 1 amide bonds. The SMILES string of the molecule is O=C(Nc1cccc(N[C@@H]2[C@@H]3CCO[C@H]3C23CCC3)c1)c1ccoc1. The Labute approximate surface area is 146 Å². The minimum Gasteiger partial charge on any atom is -0.472 e. The predicted molar refractivity (Wildman–Crippen MR) is 94.6 cm³/mol. The average molecular weight is 338 g/mol.